The quantitative estimate of drug-likeness (QED) is 0.827. The number of rotatable bonds is 5. The second-order valence-corrected chi connectivity index (χ2v) is 6.77. The Morgan fingerprint density at radius 1 is 1.08 bits per heavy atom. The van der Waals surface area contributed by atoms with E-state index in [-0.39, 0.29) is 0 Å². The highest BCUT2D eigenvalue weighted by Crippen LogP contribution is 2.31. The van der Waals surface area contributed by atoms with Gasteiger partial charge in [-0.05, 0) is 56.1 Å². The van der Waals surface area contributed by atoms with E-state index >= 15 is 0 Å². The summed E-state index contributed by atoms with van der Waals surface area (Å²) >= 11 is 5.38. The van der Waals surface area contributed by atoms with Crippen LogP contribution in [-0.4, -0.2) is 37.1 Å². The van der Waals surface area contributed by atoms with Crippen molar-refractivity contribution in [1.29, 1.82) is 0 Å². The van der Waals surface area contributed by atoms with Crippen LogP contribution in [0.2, 0.25) is 0 Å². The molecule has 136 valence electrons. The van der Waals surface area contributed by atoms with Crippen molar-refractivity contribution >= 4 is 12.2 Å². The Morgan fingerprint density at radius 3 is 2.44 bits per heavy atom. The van der Waals surface area contributed by atoms with Crippen LogP contribution in [0.5, 0.6) is 11.5 Å². The van der Waals surface area contributed by atoms with Crippen molar-refractivity contribution in [3.63, 3.8) is 0 Å². The van der Waals surface area contributed by atoms with E-state index in [1.54, 1.807) is 18.9 Å². The monoisotopic (exact) mass is 364 g/mol. The molecule has 25 heavy (non-hydrogen) atoms. The molecule has 7 heteroatoms. The number of benzene rings is 1. The van der Waals surface area contributed by atoms with Gasteiger partial charge in [-0.25, -0.2) is 0 Å². The molecular weight excluding hydrogens is 338 g/mol. The lowest BCUT2D eigenvalue weighted by atomic mass is 10.1. The lowest BCUT2D eigenvalue weighted by Crippen LogP contribution is -3.11. The predicted molar refractivity (Wildman–Crippen MR) is 97.6 cm³/mol. The minimum Gasteiger partial charge on any atom is -0.493 e. The summed E-state index contributed by atoms with van der Waals surface area (Å²) in [5, 5.41) is 4.59. The van der Waals surface area contributed by atoms with Gasteiger partial charge in [-0.15, -0.1) is 5.10 Å². The van der Waals surface area contributed by atoms with Gasteiger partial charge in [0.25, 0.3) is 4.84 Å². The number of nitrogens with zero attached hydrogens (tertiary/aromatic N) is 2. The number of methoxy groups -OCH3 is 2. The molecule has 0 bridgehead atoms. The smallest absolute Gasteiger partial charge is 0.292 e. The lowest BCUT2D eigenvalue weighted by molar-refractivity contribution is -0.924. The van der Waals surface area contributed by atoms with Crippen molar-refractivity contribution in [2.75, 3.05) is 27.3 Å². The molecule has 1 aliphatic rings. The fourth-order valence-corrected chi connectivity index (χ4v) is 3.45. The molecule has 1 saturated heterocycles. The third-order valence-electron chi connectivity index (χ3n) is 4.67. The molecule has 2 aromatic rings. The second-order valence-electron chi connectivity index (χ2n) is 6.42. The average Bonchev–Trinajstić information content (AvgIpc) is 2.97. The van der Waals surface area contributed by atoms with E-state index in [2.05, 4.69) is 5.10 Å². The van der Waals surface area contributed by atoms with Crippen LogP contribution >= 0.6 is 12.2 Å². The lowest BCUT2D eigenvalue weighted by Gasteiger charge is -2.20. The summed E-state index contributed by atoms with van der Waals surface area (Å²) in [4.78, 5) is 1.93. The summed E-state index contributed by atoms with van der Waals surface area (Å²) in [5.74, 6) is 1.83. The maximum atomic E-state index is 5.73. The average molecular weight is 364 g/mol. The number of quaternary nitrogens is 1. The van der Waals surface area contributed by atoms with Crippen molar-refractivity contribution in [3.05, 3.63) is 23.0 Å². The number of aromatic nitrogens is 2. The highest BCUT2D eigenvalue weighted by atomic mass is 32.1. The Hall–Kier alpha value is -1.86. The van der Waals surface area contributed by atoms with Gasteiger partial charge in [0.05, 0.1) is 27.3 Å². The first-order chi connectivity index (χ1) is 12.2. The molecule has 0 spiro atoms. The Balaban J connectivity index is 1.79. The zero-order chi connectivity index (χ0) is 17.6. The van der Waals surface area contributed by atoms with Crippen LogP contribution in [0.25, 0.3) is 11.5 Å². The molecule has 1 aromatic carbocycles. The second kappa shape index (κ2) is 8.49. The minimum atomic E-state index is 0.416. The van der Waals surface area contributed by atoms with Crippen molar-refractivity contribution in [2.45, 2.75) is 38.8 Å². The molecule has 0 radical (unpaired) electrons. The molecule has 0 amide bonds. The van der Waals surface area contributed by atoms with Gasteiger partial charge < -0.3 is 18.8 Å². The van der Waals surface area contributed by atoms with Crippen molar-refractivity contribution < 1.29 is 18.8 Å². The van der Waals surface area contributed by atoms with Crippen LogP contribution in [0.15, 0.2) is 22.6 Å². The van der Waals surface area contributed by atoms with Gasteiger partial charge >= 0.3 is 0 Å². The van der Waals surface area contributed by atoms with Gasteiger partial charge in [0, 0.05) is 5.56 Å². The SMILES string of the molecule is COc1ccc(-c2nn(C[NH+]3CCCCCCC3)c(=S)o2)cc1OC. The van der Waals surface area contributed by atoms with E-state index in [0.717, 1.165) is 12.2 Å². The third-order valence-corrected chi connectivity index (χ3v) is 4.96. The fraction of sp³-hybridized carbons (Fsp3) is 0.556. The molecule has 1 N–H and O–H groups in total. The fourth-order valence-electron chi connectivity index (χ4n) is 3.27. The number of ether oxygens (including phenoxy) is 2. The van der Waals surface area contributed by atoms with Gasteiger partial charge in [-0.1, -0.05) is 6.42 Å². The standard InChI is InChI=1S/C18H25N3O3S/c1-22-15-9-8-14(12-16(15)23-2)17-19-21(18(25)24-17)13-20-10-6-4-3-5-7-11-20/h8-9,12H,3-7,10-11,13H2,1-2H3/p+1. The first-order valence-electron chi connectivity index (χ1n) is 8.85. The Bertz CT molecular complexity index is 748. The van der Waals surface area contributed by atoms with Crippen LogP contribution in [0, 0.1) is 4.84 Å². The van der Waals surface area contributed by atoms with Crippen LogP contribution in [0.3, 0.4) is 0 Å². The van der Waals surface area contributed by atoms with Crippen molar-refractivity contribution in [2.24, 2.45) is 0 Å². The number of likely N-dealkylation sites (tertiary alicyclic amines) is 1. The third kappa shape index (κ3) is 4.41. The predicted octanol–water partition coefficient (Wildman–Crippen LogP) is 2.70. The minimum absolute atomic E-state index is 0.416. The van der Waals surface area contributed by atoms with E-state index in [1.807, 2.05) is 18.2 Å². The highest BCUT2D eigenvalue weighted by Gasteiger charge is 2.16. The van der Waals surface area contributed by atoms with Gasteiger partial charge in [0.15, 0.2) is 18.2 Å². The van der Waals surface area contributed by atoms with Crippen LogP contribution in [-0.2, 0) is 6.67 Å². The van der Waals surface area contributed by atoms with Crippen LogP contribution in [0.4, 0.5) is 0 Å². The zero-order valence-corrected chi connectivity index (χ0v) is 15.7. The molecule has 1 aromatic heterocycles. The van der Waals surface area contributed by atoms with Crippen molar-refractivity contribution in [3.8, 4) is 23.0 Å². The summed E-state index contributed by atoms with van der Waals surface area (Å²) < 4.78 is 18.2. The van der Waals surface area contributed by atoms with E-state index in [4.69, 9.17) is 26.1 Å². The van der Waals surface area contributed by atoms with E-state index < -0.39 is 0 Å². The Kier molecular flexibility index (Phi) is 6.09. The van der Waals surface area contributed by atoms with E-state index in [0.29, 0.717) is 22.2 Å². The summed E-state index contributed by atoms with van der Waals surface area (Å²) in [6, 6.07) is 5.59. The maximum Gasteiger partial charge on any atom is 0.292 e. The molecule has 1 fully saturated rings. The Labute approximate surface area is 153 Å². The normalized spacial score (nSPS) is 16.2. The molecule has 0 saturated carbocycles. The first-order valence-corrected chi connectivity index (χ1v) is 9.26. The number of nitrogens with one attached hydrogen (secondary N) is 1. The highest BCUT2D eigenvalue weighted by molar-refractivity contribution is 7.71. The summed E-state index contributed by atoms with van der Waals surface area (Å²) in [7, 11) is 3.23. The van der Waals surface area contributed by atoms with E-state index in [9.17, 15) is 0 Å². The van der Waals surface area contributed by atoms with Gasteiger partial charge in [-0.3, -0.25) is 0 Å². The molecule has 0 atom stereocenters. The molecule has 6 nitrogen and oxygen atoms in total. The van der Waals surface area contributed by atoms with E-state index in [1.165, 1.54) is 50.1 Å². The van der Waals surface area contributed by atoms with Crippen molar-refractivity contribution in [1.82, 2.24) is 9.78 Å². The summed E-state index contributed by atoms with van der Waals surface area (Å²) in [6.07, 6.45) is 6.54. The summed E-state index contributed by atoms with van der Waals surface area (Å²) in [5.41, 5.74) is 0.824. The van der Waals surface area contributed by atoms with Crippen LogP contribution in [0.1, 0.15) is 32.1 Å². The first kappa shape index (κ1) is 17.9. The number of hydrogen-bond acceptors (Lipinski definition) is 5. The molecule has 0 aliphatic carbocycles. The van der Waals surface area contributed by atoms with Gasteiger partial charge in [0.2, 0.25) is 5.89 Å². The number of hydrogen-bond donors (Lipinski definition) is 1. The molecule has 0 unspecified atom stereocenters. The topological polar surface area (TPSA) is 53.9 Å². The van der Waals surface area contributed by atoms with Gasteiger partial charge in [-0.2, -0.15) is 4.68 Å². The van der Waals surface area contributed by atoms with Crippen LogP contribution < -0.4 is 14.4 Å². The zero-order valence-electron chi connectivity index (χ0n) is 14.9. The molecule has 1 aliphatic heterocycles. The molecular formula is C18H26N3O3S+. The van der Waals surface area contributed by atoms with Gasteiger partial charge in [0.1, 0.15) is 0 Å². The largest absolute Gasteiger partial charge is 0.493 e. The maximum absolute atomic E-state index is 5.73. The summed E-state index contributed by atoms with van der Waals surface area (Å²) in [6.45, 7) is 3.09. The molecule has 2 heterocycles. The Morgan fingerprint density at radius 2 is 1.76 bits per heavy atom. The molecule has 3 rings (SSSR count).